The number of hydrogen-bond donors (Lipinski definition) is 0. The molecule has 0 saturated heterocycles. The zero-order chi connectivity index (χ0) is 14.5. The molecule has 0 aliphatic carbocycles. The predicted molar refractivity (Wildman–Crippen MR) is 80.1 cm³/mol. The van der Waals surface area contributed by atoms with E-state index in [4.69, 9.17) is 16.3 Å². The van der Waals surface area contributed by atoms with Crippen LogP contribution in [-0.4, -0.2) is 22.9 Å². The standard InChI is InChI=1S/C15H13ClO3S/c1-19-14-8-4-5-9-15(14)20(18)10-13(17)11-6-2-3-7-12(11)16/h2-9H,10H2,1H3. The van der Waals surface area contributed by atoms with Crippen LogP contribution in [0.5, 0.6) is 5.75 Å². The van der Waals surface area contributed by atoms with Gasteiger partial charge < -0.3 is 4.74 Å². The molecule has 0 spiro atoms. The maximum Gasteiger partial charge on any atom is 0.177 e. The Morgan fingerprint density at radius 3 is 2.50 bits per heavy atom. The minimum Gasteiger partial charge on any atom is -0.495 e. The van der Waals surface area contributed by atoms with Crippen LogP contribution in [0.15, 0.2) is 53.4 Å². The zero-order valence-corrected chi connectivity index (χ0v) is 12.4. The van der Waals surface area contributed by atoms with Gasteiger partial charge in [-0.1, -0.05) is 35.9 Å². The third-order valence-corrected chi connectivity index (χ3v) is 4.43. The number of ketones is 1. The Labute approximate surface area is 125 Å². The molecule has 0 N–H and O–H groups in total. The molecule has 2 aromatic rings. The van der Waals surface area contributed by atoms with Gasteiger partial charge in [0.2, 0.25) is 0 Å². The maximum atomic E-state index is 12.3. The lowest BCUT2D eigenvalue weighted by Gasteiger charge is -2.08. The second-order valence-corrected chi connectivity index (χ2v) is 5.87. The molecule has 20 heavy (non-hydrogen) atoms. The van der Waals surface area contributed by atoms with E-state index < -0.39 is 10.8 Å². The van der Waals surface area contributed by atoms with Crippen LogP contribution >= 0.6 is 11.6 Å². The van der Waals surface area contributed by atoms with Gasteiger partial charge in [-0.05, 0) is 24.3 Å². The van der Waals surface area contributed by atoms with E-state index in [0.717, 1.165) is 0 Å². The van der Waals surface area contributed by atoms with Crippen molar-refractivity contribution in [3.63, 3.8) is 0 Å². The Kier molecular flexibility index (Phi) is 4.93. The lowest BCUT2D eigenvalue weighted by molar-refractivity contribution is 0.102. The average Bonchev–Trinajstić information content (AvgIpc) is 2.47. The minimum absolute atomic E-state index is 0.121. The molecule has 104 valence electrons. The van der Waals surface area contributed by atoms with E-state index in [2.05, 4.69) is 0 Å². The molecule has 0 bridgehead atoms. The first-order valence-corrected chi connectivity index (χ1v) is 7.62. The van der Waals surface area contributed by atoms with Gasteiger partial charge in [0.15, 0.2) is 5.78 Å². The third kappa shape index (κ3) is 3.26. The number of ether oxygens (including phenoxy) is 1. The number of Topliss-reactive ketones (excluding diaryl/α,β-unsaturated/α-hetero) is 1. The summed E-state index contributed by atoms with van der Waals surface area (Å²) in [6, 6.07) is 13.7. The zero-order valence-electron chi connectivity index (χ0n) is 10.8. The molecule has 1 unspecified atom stereocenters. The first-order chi connectivity index (χ1) is 9.63. The molecule has 0 fully saturated rings. The van der Waals surface area contributed by atoms with Crippen LogP contribution in [0.1, 0.15) is 10.4 Å². The highest BCUT2D eigenvalue weighted by Crippen LogP contribution is 2.23. The third-order valence-electron chi connectivity index (χ3n) is 2.75. The van der Waals surface area contributed by atoms with Crippen LogP contribution in [0.4, 0.5) is 0 Å². The topological polar surface area (TPSA) is 43.4 Å². The van der Waals surface area contributed by atoms with Gasteiger partial charge in [-0.2, -0.15) is 0 Å². The quantitative estimate of drug-likeness (QED) is 0.796. The Hall–Kier alpha value is -1.65. The molecule has 2 rings (SSSR count). The fraction of sp³-hybridized carbons (Fsp3) is 0.133. The molecule has 1 atom stereocenters. The van der Waals surface area contributed by atoms with Gasteiger partial charge in [0.05, 0.1) is 33.6 Å². The summed E-state index contributed by atoms with van der Waals surface area (Å²) >= 11 is 5.96. The number of carbonyl (C=O) groups excluding carboxylic acids is 1. The largest absolute Gasteiger partial charge is 0.495 e. The van der Waals surface area contributed by atoms with E-state index >= 15 is 0 Å². The van der Waals surface area contributed by atoms with Crippen LogP contribution in [0.2, 0.25) is 5.02 Å². The van der Waals surface area contributed by atoms with Gasteiger partial charge >= 0.3 is 0 Å². The second-order valence-electron chi connectivity index (χ2n) is 4.04. The van der Waals surface area contributed by atoms with Gasteiger partial charge in [0, 0.05) is 5.56 Å². The smallest absolute Gasteiger partial charge is 0.177 e. The molecular weight excluding hydrogens is 296 g/mol. The van der Waals surface area contributed by atoms with Crippen molar-refractivity contribution in [2.75, 3.05) is 12.9 Å². The van der Waals surface area contributed by atoms with E-state index in [1.807, 2.05) is 0 Å². The van der Waals surface area contributed by atoms with Crippen molar-refractivity contribution in [3.8, 4) is 5.75 Å². The fourth-order valence-electron chi connectivity index (χ4n) is 1.77. The Balaban J connectivity index is 2.20. The summed E-state index contributed by atoms with van der Waals surface area (Å²) in [5.74, 6) is 0.141. The normalized spacial score (nSPS) is 11.9. The number of methoxy groups -OCH3 is 1. The van der Waals surface area contributed by atoms with Gasteiger partial charge in [-0.15, -0.1) is 0 Å². The summed E-state index contributed by atoms with van der Waals surface area (Å²) in [6.07, 6.45) is 0. The summed E-state index contributed by atoms with van der Waals surface area (Å²) in [4.78, 5) is 12.6. The van der Waals surface area contributed by atoms with E-state index in [9.17, 15) is 9.00 Å². The Bertz CT molecular complexity index is 655. The van der Waals surface area contributed by atoms with Crippen molar-refractivity contribution >= 4 is 28.2 Å². The first kappa shape index (κ1) is 14.8. The fourth-order valence-corrected chi connectivity index (χ4v) is 3.17. The monoisotopic (exact) mass is 308 g/mol. The van der Waals surface area contributed by atoms with Gasteiger partial charge in [-0.3, -0.25) is 9.00 Å². The van der Waals surface area contributed by atoms with Crippen LogP contribution in [0.25, 0.3) is 0 Å². The summed E-state index contributed by atoms with van der Waals surface area (Å²) in [5.41, 5.74) is 0.386. The summed E-state index contributed by atoms with van der Waals surface area (Å²) in [5, 5.41) is 0.370. The number of halogens is 1. The van der Waals surface area contributed by atoms with Crippen molar-refractivity contribution in [3.05, 3.63) is 59.1 Å². The molecule has 5 heteroatoms. The first-order valence-electron chi connectivity index (χ1n) is 5.92. The van der Waals surface area contributed by atoms with Crippen LogP contribution < -0.4 is 4.74 Å². The van der Waals surface area contributed by atoms with Gasteiger partial charge in [0.25, 0.3) is 0 Å². The molecule has 0 radical (unpaired) electrons. The van der Waals surface area contributed by atoms with Crippen LogP contribution in [0, 0.1) is 0 Å². The van der Waals surface area contributed by atoms with Crippen LogP contribution in [0.3, 0.4) is 0 Å². The highest BCUT2D eigenvalue weighted by atomic mass is 35.5. The molecule has 0 aliphatic rings. The van der Waals surface area contributed by atoms with Crippen molar-refractivity contribution < 1.29 is 13.7 Å². The number of para-hydroxylation sites is 1. The Morgan fingerprint density at radius 2 is 1.80 bits per heavy atom. The van der Waals surface area contributed by atoms with Crippen molar-refractivity contribution in [1.29, 1.82) is 0 Å². The number of carbonyl (C=O) groups is 1. The average molecular weight is 309 g/mol. The lowest BCUT2D eigenvalue weighted by atomic mass is 10.1. The van der Waals surface area contributed by atoms with E-state index in [1.54, 1.807) is 48.5 Å². The van der Waals surface area contributed by atoms with Gasteiger partial charge in [0.1, 0.15) is 5.75 Å². The molecule has 2 aromatic carbocycles. The summed E-state index contributed by atoms with van der Waals surface area (Å²) in [6.45, 7) is 0. The molecule has 0 saturated carbocycles. The van der Waals surface area contributed by atoms with Crippen molar-refractivity contribution in [2.24, 2.45) is 0 Å². The van der Waals surface area contributed by atoms with Crippen LogP contribution in [-0.2, 0) is 10.8 Å². The lowest BCUT2D eigenvalue weighted by Crippen LogP contribution is -2.12. The molecule has 3 nitrogen and oxygen atoms in total. The summed E-state index contributed by atoms with van der Waals surface area (Å²) in [7, 11) is 0.0390. The van der Waals surface area contributed by atoms with Crippen molar-refractivity contribution in [2.45, 2.75) is 4.90 Å². The number of hydrogen-bond acceptors (Lipinski definition) is 3. The minimum atomic E-state index is -1.47. The Morgan fingerprint density at radius 1 is 1.15 bits per heavy atom. The van der Waals surface area contributed by atoms with E-state index in [0.29, 0.717) is 21.2 Å². The molecular formula is C15H13ClO3S. The number of benzene rings is 2. The van der Waals surface area contributed by atoms with E-state index in [1.165, 1.54) is 7.11 Å². The SMILES string of the molecule is COc1ccccc1S(=O)CC(=O)c1ccccc1Cl. The summed E-state index contributed by atoms with van der Waals surface area (Å²) < 4.78 is 17.4. The number of rotatable bonds is 5. The maximum absolute atomic E-state index is 12.3. The predicted octanol–water partition coefficient (Wildman–Crippen LogP) is 3.34. The second kappa shape index (κ2) is 6.68. The molecule has 0 heterocycles. The molecule has 0 aliphatic heterocycles. The highest BCUT2D eigenvalue weighted by molar-refractivity contribution is 7.86. The molecule has 0 amide bonds. The van der Waals surface area contributed by atoms with Crippen molar-refractivity contribution in [1.82, 2.24) is 0 Å². The van der Waals surface area contributed by atoms with E-state index in [-0.39, 0.29) is 11.5 Å². The van der Waals surface area contributed by atoms with Gasteiger partial charge in [-0.25, -0.2) is 0 Å². The highest BCUT2D eigenvalue weighted by Gasteiger charge is 2.17. The molecule has 0 aromatic heterocycles.